The molecule has 0 aliphatic heterocycles. The second-order valence-electron chi connectivity index (χ2n) is 8.39. The van der Waals surface area contributed by atoms with Gasteiger partial charge in [0.15, 0.2) is 0 Å². The molecule has 1 aromatic carbocycles. The number of nitrogens with zero attached hydrogens (tertiary/aromatic N) is 2. The normalized spacial score (nSPS) is 15.5. The van der Waals surface area contributed by atoms with Gasteiger partial charge in [0.05, 0.1) is 11.7 Å². The van der Waals surface area contributed by atoms with E-state index in [0.29, 0.717) is 26.3 Å². The Morgan fingerprint density at radius 3 is 2.53 bits per heavy atom. The number of rotatable bonds is 5. The van der Waals surface area contributed by atoms with Gasteiger partial charge >= 0.3 is 5.97 Å². The van der Waals surface area contributed by atoms with Crippen molar-refractivity contribution >= 4 is 39.1 Å². The molecule has 1 aliphatic rings. The van der Waals surface area contributed by atoms with Crippen molar-refractivity contribution in [3.8, 4) is 0 Å². The van der Waals surface area contributed by atoms with Crippen molar-refractivity contribution in [2.75, 3.05) is 5.32 Å². The van der Waals surface area contributed by atoms with Gasteiger partial charge in [0.1, 0.15) is 21.9 Å². The summed E-state index contributed by atoms with van der Waals surface area (Å²) in [6, 6.07) is 6.68. The first kappa shape index (κ1) is 22.2. The number of fused-ring (bicyclic) bond motifs is 1. The maximum atomic E-state index is 13.2. The van der Waals surface area contributed by atoms with Crippen LogP contribution in [0, 0.1) is 13.8 Å². The summed E-state index contributed by atoms with van der Waals surface area (Å²) in [6.45, 7) is 5.36. The summed E-state index contributed by atoms with van der Waals surface area (Å²) in [5.41, 5.74) is 1.97. The van der Waals surface area contributed by atoms with Crippen LogP contribution in [0.25, 0.3) is 10.2 Å². The Balaban J connectivity index is 1.58. The molecule has 0 spiro atoms. The molecule has 1 atom stereocenters. The van der Waals surface area contributed by atoms with E-state index in [1.807, 2.05) is 31.2 Å². The summed E-state index contributed by atoms with van der Waals surface area (Å²) < 4.78 is 7.00. The number of anilines is 1. The van der Waals surface area contributed by atoms with Gasteiger partial charge in [0.2, 0.25) is 5.91 Å². The van der Waals surface area contributed by atoms with E-state index < -0.39 is 12.0 Å². The summed E-state index contributed by atoms with van der Waals surface area (Å²) in [4.78, 5) is 44.0. The highest BCUT2D eigenvalue weighted by molar-refractivity contribution is 7.20. The lowest BCUT2D eigenvalue weighted by Crippen LogP contribution is -2.31. The van der Waals surface area contributed by atoms with Gasteiger partial charge in [-0.2, -0.15) is 0 Å². The van der Waals surface area contributed by atoms with Crippen molar-refractivity contribution in [2.24, 2.45) is 0 Å². The number of aryl methyl sites for hydroxylation is 2. The molecule has 0 radical (unpaired) electrons. The van der Waals surface area contributed by atoms with Crippen molar-refractivity contribution in [3.05, 3.63) is 57.0 Å². The number of hydrogen-bond acceptors (Lipinski definition) is 6. The van der Waals surface area contributed by atoms with Gasteiger partial charge in [-0.15, -0.1) is 11.3 Å². The number of amides is 1. The zero-order valence-electron chi connectivity index (χ0n) is 18.5. The number of nitrogens with one attached hydrogen (secondary N) is 1. The molecule has 168 valence electrons. The Bertz CT molecular complexity index is 1210. The number of aromatic nitrogens is 2. The van der Waals surface area contributed by atoms with Crippen molar-refractivity contribution in [2.45, 2.75) is 65.0 Å². The fourth-order valence-electron chi connectivity index (χ4n) is 4.01. The summed E-state index contributed by atoms with van der Waals surface area (Å²) in [5.74, 6) is -0.713. The Labute approximate surface area is 190 Å². The molecule has 1 aliphatic carbocycles. The molecule has 0 unspecified atom stereocenters. The van der Waals surface area contributed by atoms with Crippen molar-refractivity contribution < 1.29 is 14.3 Å². The van der Waals surface area contributed by atoms with Crippen LogP contribution in [0.1, 0.15) is 65.9 Å². The van der Waals surface area contributed by atoms with Crippen LogP contribution in [-0.4, -0.2) is 27.5 Å². The van der Waals surface area contributed by atoms with E-state index in [-0.39, 0.29) is 17.6 Å². The Morgan fingerprint density at radius 2 is 1.84 bits per heavy atom. The minimum absolute atomic E-state index is 0.0593. The number of carbonyl (C=O) groups is 2. The highest BCUT2D eigenvalue weighted by atomic mass is 32.1. The van der Waals surface area contributed by atoms with Gasteiger partial charge in [-0.1, -0.05) is 24.1 Å². The first-order valence-corrected chi connectivity index (χ1v) is 11.8. The van der Waals surface area contributed by atoms with E-state index in [1.165, 1.54) is 28.7 Å². The topological polar surface area (TPSA) is 90.3 Å². The largest absolute Gasteiger partial charge is 0.458 e. The third-order valence-electron chi connectivity index (χ3n) is 6.00. The molecule has 1 saturated carbocycles. The molecule has 1 fully saturated rings. The lowest BCUT2D eigenvalue weighted by Gasteiger charge is -2.21. The van der Waals surface area contributed by atoms with Gasteiger partial charge < -0.3 is 10.1 Å². The zero-order chi connectivity index (χ0) is 22.8. The van der Waals surface area contributed by atoms with Crippen LogP contribution in [0.15, 0.2) is 35.4 Å². The number of esters is 1. The minimum Gasteiger partial charge on any atom is -0.458 e. The van der Waals surface area contributed by atoms with E-state index in [0.717, 1.165) is 31.2 Å². The molecule has 0 saturated heterocycles. The molecule has 0 bridgehead atoms. The van der Waals surface area contributed by atoms with Crippen LogP contribution < -0.4 is 10.9 Å². The van der Waals surface area contributed by atoms with Crippen LogP contribution in [0.2, 0.25) is 0 Å². The van der Waals surface area contributed by atoms with Crippen LogP contribution in [0.4, 0.5) is 5.69 Å². The number of ether oxygens (including phenoxy) is 1. The first-order valence-electron chi connectivity index (χ1n) is 10.9. The summed E-state index contributed by atoms with van der Waals surface area (Å²) in [7, 11) is 0. The molecule has 1 amide bonds. The van der Waals surface area contributed by atoms with Gasteiger partial charge in [0.25, 0.3) is 5.56 Å². The number of carbonyl (C=O) groups excluding carboxylic acids is 2. The van der Waals surface area contributed by atoms with Crippen LogP contribution >= 0.6 is 11.3 Å². The van der Waals surface area contributed by atoms with Crippen molar-refractivity contribution in [1.82, 2.24) is 9.55 Å². The van der Waals surface area contributed by atoms with Crippen molar-refractivity contribution in [3.63, 3.8) is 0 Å². The molecule has 7 nitrogen and oxygen atoms in total. The second kappa shape index (κ2) is 9.24. The van der Waals surface area contributed by atoms with Crippen molar-refractivity contribution in [1.29, 1.82) is 0 Å². The molecule has 3 aromatic rings. The number of thiophene rings is 1. The van der Waals surface area contributed by atoms with Crippen LogP contribution in [0.3, 0.4) is 0 Å². The fraction of sp³-hybridized carbons (Fsp3) is 0.417. The second-order valence-corrected chi connectivity index (χ2v) is 9.39. The molecule has 4 rings (SSSR count). The summed E-state index contributed by atoms with van der Waals surface area (Å²) >= 11 is 1.17. The van der Waals surface area contributed by atoms with E-state index in [1.54, 1.807) is 13.8 Å². The molecular formula is C24H27N3O4S. The lowest BCUT2D eigenvalue weighted by molar-refractivity contribution is -0.118. The maximum Gasteiger partial charge on any atom is 0.348 e. The third-order valence-corrected chi connectivity index (χ3v) is 7.18. The maximum absolute atomic E-state index is 13.2. The molecule has 1 N–H and O–H groups in total. The predicted octanol–water partition coefficient (Wildman–Crippen LogP) is 4.76. The van der Waals surface area contributed by atoms with Gasteiger partial charge in [-0.05, 0) is 64.2 Å². The highest BCUT2D eigenvalue weighted by Crippen LogP contribution is 2.29. The average molecular weight is 454 g/mol. The third kappa shape index (κ3) is 4.46. The Hall–Kier alpha value is -3.00. The zero-order valence-corrected chi connectivity index (χ0v) is 19.3. The fourth-order valence-corrected chi connectivity index (χ4v) is 5.03. The smallest absolute Gasteiger partial charge is 0.348 e. The van der Waals surface area contributed by atoms with E-state index >= 15 is 0 Å². The Morgan fingerprint density at radius 1 is 1.16 bits per heavy atom. The van der Waals surface area contributed by atoms with Crippen LogP contribution in [-0.2, 0) is 9.53 Å². The number of benzene rings is 1. The van der Waals surface area contributed by atoms with Gasteiger partial charge in [0, 0.05) is 5.69 Å². The van der Waals surface area contributed by atoms with Crippen LogP contribution in [0.5, 0.6) is 0 Å². The minimum atomic E-state index is -0.766. The molecule has 8 heteroatoms. The van der Waals surface area contributed by atoms with Gasteiger partial charge in [-0.3, -0.25) is 14.2 Å². The quantitative estimate of drug-likeness (QED) is 0.562. The number of hydrogen-bond donors (Lipinski definition) is 1. The average Bonchev–Trinajstić information content (AvgIpc) is 3.13. The SMILES string of the molecule is Cc1ccc(NC(=O)[C@@H](C)n2cnc3sc(C(=O)OC4CCCCC4)c(C)c3c2=O)cc1. The molecular weight excluding hydrogens is 426 g/mol. The van der Waals surface area contributed by atoms with Gasteiger partial charge in [-0.25, -0.2) is 9.78 Å². The lowest BCUT2D eigenvalue weighted by atomic mass is 9.98. The molecule has 2 heterocycles. The summed E-state index contributed by atoms with van der Waals surface area (Å²) in [5, 5.41) is 3.19. The highest BCUT2D eigenvalue weighted by Gasteiger charge is 2.26. The molecule has 32 heavy (non-hydrogen) atoms. The summed E-state index contributed by atoms with van der Waals surface area (Å²) in [6.07, 6.45) is 6.39. The first-order chi connectivity index (χ1) is 15.3. The Kier molecular flexibility index (Phi) is 6.41. The predicted molar refractivity (Wildman–Crippen MR) is 125 cm³/mol. The standard InChI is InChI=1S/C24H27N3O4S/c1-14-9-11-17(12-10-14)26-21(28)16(3)27-13-25-22-19(23(27)29)15(2)20(32-22)24(30)31-18-7-5-4-6-8-18/h9-13,16,18H,4-8H2,1-3H3,(H,26,28)/t16-/m1/s1. The monoisotopic (exact) mass is 453 g/mol. The van der Waals surface area contributed by atoms with E-state index in [4.69, 9.17) is 4.74 Å². The van der Waals surface area contributed by atoms with E-state index in [9.17, 15) is 14.4 Å². The van der Waals surface area contributed by atoms with E-state index in [2.05, 4.69) is 10.3 Å². The molecule has 2 aromatic heterocycles.